The number of carboxylic acid groups (broad SMARTS) is 1. The number of benzene rings is 2. The van der Waals surface area contributed by atoms with Gasteiger partial charge in [0.25, 0.3) is 12.0 Å². The molecule has 2 aromatic carbocycles. The molecule has 0 unspecified atom stereocenters. The lowest BCUT2D eigenvalue weighted by atomic mass is 10.0. The fraction of sp³-hybridized carbons (Fsp3) is 0.481. The zero-order chi connectivity index (χ0) is 64.8. The molecule has 15 heteroatoms. The molecule has 490 valence electrons. The van der Waals surface area contributed by atoms with E-state index >= 15 is 0 Å². The second-order valence-corrected chi connectivity index (χ2v) is 32.1. The summed E-state index contributed by atoms with van der Waals surface area (Å²) >= 11 is 12.6. The number of hydrogen-bond acceptors (Lipinski definition) is 13. The van der Waals surface area contributed by atoms with Gasteiger partial charge in [0.05, 0.1) is 15.9 Å². The molecule has 7 heterocycles. The Morgan fingerprint density at radius 2 is 0.946 bits per heavy atom. The number of para-hydroxylation sites is 1. The number of aryl methyl sites for hydroxylation is 5. The molecule has 0 spiro atoms. The van der Waals surface area contributed by atoms with E-state index in [0.717, 1.165) is 104 Å². The summed E-state index contributed by atoms with van der Waals surface area (Å²) in [6, 6.07) is 30.7. The molecule has 8 nitrogen and oxygen atoms in total. The van der Waals surface area contributed by atoms with Crippen molar-refractivity contribution in [2.45, 2.75) is 244 Å². The minimum atomic E-state index is -1.44. The number of anilines is 2. The summed E-state index contributed by atoms with van der Waals surface area (Å²) in [5, 5.41) is 19.9. The molecule has 1 aliphatic rings. The molecule has 6 aromatic heterocycles. The van der Waals surface area contributed by atoms with Crippen LogP contribution in [0.15, 0.2) is 87.4 Å². The summed E-state index contributed by atoms with van der Waals surface area (Å²) in [5.41, 5.74) is 9.88. The van der Waals surface area contributed by atoms with Crippen molar-refractivity contribution < 1.29 is 19.4 Å². The second-order valence-electron chi connectivity index (χ2n) is 24.7. The highest BCUT2D eigenvalue weighted by molar-refractivity contribution is 7.99. The minimum absolute atomic E-state index is 0.0460. The smallest absolute Gasteiger partial charge is 0.349 e. The summed E-state index contributed by atoms with van der Waals surface area (Å²) in [6.45, 7) is 14.5. The van der Waals surface area contributed by atoms with Gasteiger partial charge in [-0.05, 0) is 165 Å². The Balaban J connectivity index is 1.15. The number of aromatic nitrogens is 1. The Bertz CT molecular complexity index is 3930. The van der Waals surface area contributed by atoms with Crippen molar-refractivity contribution in [2.75, 3.05) is 11.4 Å². The summed E-state index contributed by atoms with van der Waals surface area (Å²) in [7, 11) is 0. The number of thiazole rings is 1. The van der Waals surface area contributed by atoms with Gasteiger partial charge in [-0.3, -0.25) is 14.2 Å². The van der Waals surface area contributed by atoms with E-state index in [-0.39, 0.29) is 11.1 Å². The Kier molecular flexibility index (Phi) is 28.2. The zero-order valence-electron chi connectivity index (χ0n) is 55.3. The molecule has 0 atom stereocenters. The van der Waals surface area contributed by atoms with E-state index < -0.39 is 23.8 Å². The van der Waals surface area contributed by atoms with E-state index in [1.807, 2.05) is 63.2 Å². The molecule has 0 bridgehead atoms. The molecular formula is C77H95N3O5S7. The van der Waals surface area contributed by atoms with Gasteiger partial charge in [-0.2, -0.15) is 5.26 Å². The van der Waals surface area contributed by atoms with Crippen molar-refractivity contribution in [3.63, 3.8) is 0 Å². The first-order valence-electron chi connectivity index (χ1n) is 34.5. The quantitative estimate of drug-likeness (QED) is 0.0299. The number of ether oxygens (including phenoxy) is 1. The number of carboxylic acids is 1. The van der Waals surface area contributed by atoms with Crippen LogP contribution in [0.25, 0.3) is 61.1 Å². The number of aliphatic carboxylic acids is 1. The van der Waals surface area contributed by atoms with Crippen LogP contribution in [-0.4, -0.2) is 28.7 Å². The first kappa shape index (κ1) is 71.0. The Hall–Kier alpha value is -5.31. The number of fused-ring (bicyclic) bond motifs is 2. The van der Waals surface area contributed by atoms with Crippen molar-refractivity contribution in [3.05, 3.63) is 125 Å². The normalized spacial score (nSPS) is 12.6. The van der Waals surface area contributed by atoms with Crippen LogP contribution in [0.5, 0.6) is 0 Å². The number of nitriles is 1. The molecular weight excluding hydrogens is 1270 g/mol. The largest absolute Gasteiger partial charge is 0.477 e. The van der Waals surface area contributed by atoms with Gasteiger partial charge >= 0.3 is 5.97 Å². The molecule has 1 N–H and O–H groups in total. The average Bonchev–Trinajstić information content (AvgIpc) is 1.43. The van der Waals surface area contributed by atoms with Crippen molar-refractivity contribution in [2.24, 2.45) is 0 Å². The SMILES string of the molecule is CCCCCCc1cc(-c2sc(-c3sc(-c4sc(-c5sc(-c6ccc7c(c6)Sc6ccccc6N7CCCCCC)cc5CCCCCC)cc4CCCCCC)cc3CCCCCC)cc2CCCCCC)sc1/C=c1/s/c(=C(\C#N)C(=O)O)n(COC=O)c1=O. The highest BCUT2D eigenvalue weighted by atomic mass is 32.2. The number of hydrogen-bond donors (Lipinski definition) is 1. The first-order chi connectivity index (χ1) is 45.1. The van der Waals surface area contributed by atoms with Crippen LogP contribution >= 0.6 is 79.8 Å². The van der Waals surface area contributed by atoms with E-state index in [0.29, 0.717) is 4.53 Å². The predicted octanol–water partition coefficient (Wildman–Crippen LogP) is 23.1. The third kappa shape index (κ3) is 18.2. The van der Waals surface area contributed by atoms with Gasteiger partial charge in [0.1, 0.15) is 10.7 Å². The van der Waals surface area contributed by atoms with Gasteiger partial charge in [-0.25, -0.2) is 4.79 Å². The fourth-order valence-electron chi connectivity index (χ4n) is 12.5. The Labute approximate surface area is 576 Å². The van der Waals surface area contributed by atoms with Crippen LogP contribution in [0.4, 0.5) is 11.4 Å². The monoisotopic (exact) mass is 1370 g/mol. The topological polar surface area (TPSA) is 113 Å². The van der Waals surface area contributed by atoms with E-state index in [9.17, 15) is 24.8 Å². The number of carbonyl (C=O) groups is 2. The third-order valence-electron chi connectivity index (χ3n) is 17.6. The van der Waals surface area contributed by atoms with Gasteiger partial charge in [0, 0.05) is 65.1 Å². The highest BCUT2D eigenvalue weighted by Crippen LogP contribution is 2.53. The molecule has 0 radical (unpaired) electrons. The number of carbonyl (C=O) groups excluding carboxylic acids is 1. The molecule has 9 rings (SSSR count). The van der Waals surface area contributed by atoms with Crippen LogP contribution in [0.3, 0.4) is 0 Å². The van der Waals surface area contributed by atoms with Crippen molar-refractivity contribution in [1.29, 1.82) is 5.26 Å². The molecule has 92 heavy (non-hydrogen) atoms. The summed E-state index contributed by atoms with van der Waals surface area (Å²) in [6.07, 6.45) is 35.4. The molecule has 0 aliphatic carbocycles. The van der Waals surface area contributed by atoms with Crippen molar-refractivity contribution in [1.82, 2.24) is 4.57 Å². The molecule has 1 aliphatic heterocycles. The first-order valence-corrected chi connectivity index (χ1v) is 40.3. The Morgan fingerprint density at radius 1 is 0.511 bits per heavy atom. The second kappa shape index (κ2) is 36.5. The zero-order valence-corrected chi connectivity index (χ0v) is 61.0. The van der Waals surface area contributed by atoms with Crippen LogP contribution in [-0.2, 0) is 53.2 Å². The fourth-order valence-corrected chi connectivity index (χ4v) is 21.3. The summed E-state index contributed by atoms with van der Waals surface area (Å²) < 4.78 is 6.32. The number of rotatable bonds is 40. The van der Waals surface area contributed by atoms with E-state index in [1.54, 1.807) is 17.4 Å². The van der Waals surface area contributed by atoms with E-state index in [1.165, 1.54) is 208 Å². The summed E-state index contributed by atoms with van der Waals surface area (Å²) in [5.74, 6) is -1.44. The van der Waals surface area contributed by atoms with Gasteiger partial charge in [-0.15, -0.1) is 68.0 Å². The Morgan fingerprint density at radius 3 is 1.42 bits per heavy atom. The van der Waals surface area contributed by atoms with Crippen LogP contribution < -0.4 is 19.7 Å². The van der Waals surface area contributed by atoms with E-state index in [4.69, 9.17) is 4.74 Å². The predicted molar refractivity (Wildman–Crippen MR) is 399 cm³/mol. The lowest BCUT2D eigenvalue weighted by molar-refractivity contribution is -0.132. The maximum atomic E-state index is 14.1. The van der Waals surface area contributed by atoms with Crippen LogP contribution in [0.1, 0.15) is 228 Å². The highest BCUT2D eigenvalue weighted by Gasteiger charge is 2.27. The number of thiophene rings is 5. The van der Waals surface area contributed by atoms with Crippen LogP contribution in [0, 0.1) is 11.3 Å². The van der Waals surface area contributed by atoms with Gasteiger partial charge in [0.15, 0.2) is 12.3 Å². The lowest BCUT2D eigenvalue weighted by Gasteiger charge is -2.33. The number of nitrogens with zero attached hydrogens (tertiary/aromatic N) is 3. The third-order valence-corrected chi connectivity index (χ3v) is 26.4. The van der Waals surface area contributed by atoms with Crippen LogP contribution in [0.2, 0.25) is 0 Å². The molecule has 0 saturated heterocycles. The molecule has 0 amide bonds. The van der Waals surface area contributed by atoms with Crippen molar-refractivity contribution >= 4 is 115 Å². The number of unbranched alkanes of at least 4 members (excludes halogenated alkanes) is 18. The maximum absolute atomic E-state index is 14.1. The molecule has 0 fully saturated rings. The standard InChI is InChI=1S/C77H95N3O5S7/c1-7-13-19-25-33-53-44-66(87-64(53)49-70-75(82)80(51-85-52-81)76(92-70)59(50-78)77(83)84)71-56(35-27-21-15-9-3)46-68(89-71)73-58(37-29-23-17-11-5)48-69(91-73)74-57(36-28-22-16-10-4)47-67(90-74)72-55(34-26-20-14-8-2)45-63(88-72)54-40-41-61-65(43-54)86-62-39-31-30-38-60(62)79(61)42-32-24-18-12-6/h30-31,38-41,43-49,52H,7-29,32-37,42,51H2,1-6H3,(H,83,84)/b70-49+,76-59+. The van der Waals surface area contributed by atoms with Gasteiger partial charge < -0.3 is 14.7 Å². The maximum Gasteiger partial charge on any atom is 0.349 e. The van der Waals surface area contributed by atoms with Gasteiger partial charge in [-0.1, -0.05) is 187 Å². The minimum Gasteiger partial charge on any atom is -0.477 e. The molecule has 0 saturated carbocycles. The van der Waals surface area contributed by atoms with Crippen molar-refractivity contribution in [3.8, 4) is 55.5 Å². The van der Waals surface area contributed by atoms with Gasteiger partial charge in [0.2, 0.25) is 0 Å². The van der Waals surface area contributed by atoms with E-state index in [2.05, 4.69) is 119 Å². The average molecular weight is 1370 g/mol. The molecule has 8 aromatic rings. The summed E-state index contributed by atoms with van der Waals surface area (Å²) in [4.78, 5) is 56.2. The lowest BCUT2D eigenvalue weighted by Crippen LogP contribution is -2.33.